The summed E-state index contributed by atoms with van der Waals surface area (Å²) in [7, 11) is -4.24. The molecule has 3 aliphatic rings. The van der Waals surface area contributed by atoms with Crippen LogP contribution in [0.25, 0.3) is 0 Å². The monoisotopic (exact) mass is 624 g/mol. The third-order valence-electron chi connectivity index (χ3n) is 7.66. The number of carbonyl (C=O) groups excluding carboxylic acids is 2. The lowest BCUT2D eigenvalue weighted by molar-refractivity contribution is -0.153. The predicted octanol–water partition coefficient (Wildman–Crippen LogP) is 5.00. The molecule has 0 spiro atoms. The molecule has 8 nitrogen and oxygen atoms in total. The van der Waals surface area contributed by atoms with Gasteiger partial charge in [0.2, 0.25) is 11.8 Å². The highest BCUT2D eigenvalue weighted by Crippen LogP contribution is 2.37. The van der Waals surface area contributed by atoms with E-state index in [1.54, 1.807) is 12.1 Å². The summed E-state index contributed by atoms with van der Waals surface area (Å²) in [6.07, 6.45) is 4.56. The maximum Gasteiger partial charge on any atom is 0.267 e. The van der Waals surface area contributed by atoms with E-state index in [0.717, 1.165) is 24.8 Å². The second-order valence-corrected chi connectivity index (χ2v) is 13.7. The summed E-state index contributed by atoms with van der Waals surface area (Å²) < 4.78 is 29.7. The molecule has 2 aromatic rings. The first-order valence-electron chi connectivity index (χ1n) is 13.3. The van der Waals surface area contributed by atoms with Gasteiger partial charge in [-0.1, -0.05) is 53.4 Å². The lowest BCUT2D eigenvalue weighted by Gasteiger charge is -2.51. The van der Waals surface area contributed by atoms with Crippen molar-refractivity contribution in [2.24, 2.45) is 0 Å². The lowest BCUT2D eigenvalue weighted by atomic mass is 9.98. The van der Waals surface area contributed by atoms with Crippen molar-refractivity contribution in [2.75, 3.05) is 19.6 Å². The van der Waals surface area contributed by atoms with E-state index in [1.165, 1.54) is 38.5 Å². The maximum atomic E-state index is 14.3. The normalized spacial score (nSPS) is 22.6. The second-order valence-electron chi connectivity index (χ2n) is 10.6. The van der Waals surface area contributed by atoms with E-state index in [2.05, 4.69) is 0 Å². The van der Waals surface area contributed by atoms with E-state index >= 15 is 0 Å². The van der Waals surface area contributed by atoms with E-state index in [-0.39, 0.29) is 46.6 Å². The Bertz CT molecular complexity index is 1440. The first-order valence-corrected chi connectivity index (χ1v) is 15.9. The number of hydrogen-bond donors (Lipinski definition) is 0. The number of piperidine rings is 1. The number of hydrogen-bond acceptors (Lipinski definition) is 5. The number of benzene rings is 2. The first-order chi connectivity index (χ1) is 19.0. The highest BCUT2D eigenvalue weighted by Gasteiger charge is 2.51. The molecule has 0 N–H and O–H groups in total. The van der Waals surface area contributed by atoms with Gasteiger partial charge in [-0.05, 0) is 75.7 Å². The van der Waals surface area contributed by atoms with Crippen LogP contribution in [0.3, 0.4) is 0 Å². The molecule has 3 heterocycles. The third kappa shape index (κ3) is 5.46. The van der Waals surface area contributed by atoms with Crippen molar-refractivity contribution < 1.29 is 18.0 Å². The van der Waals surface area contributed by atoms with E-state index < -0.39 is 22.1 Å². The molecular weight excluding hydrogens is 595 g/mol. The minimum absolute atomic E-state index is 0.0172. The zero-order valence-electron chi connectivity index (χ0n) is 22.3. The molecule has 0 saturated carbocycles. The molecule has 2 amide bonds. The Labute approximate surface area is 250 Å². The smallest absolute Gasteiger partial charge is 0.267 e. The van der Waals surface area contributed by atoms with Crippen LogP contribution in [0.4, 0.5) is 0 Å². The molecule has 214 valence electrons. The third-order valence-corrected chi connectivity index (χ3v) is 10.4. The van der Waals surface area contributed by atoms with Gasteiger partial charge in [-0.15, -0.1) is 0 Å². The Balaban J connectivity index is 1.66. The molecule has 2 fully saturated rings. The van der Waals surface area contributed by atoms with Crippen molar-refractivity contribution in [1.29, 1.82) is 0 Å². The zero-order valence-corrected chi connectivity index (χ0v) is 25.3. The van der Waals surface area contributed by atoms with Crippen molar-refractivity contribution in [2.45, 2.75) is 62.6 Å². The Morgan fingerprint density at radius 2 is 1.55 bits per heavy atom. The lowest BCUT2D eigenvalue weighted by Crippen LogP contribution is -2.68. The number of rotatable bonds is 6. The molecule has 0 aromatic heterocycles. The van der Waals surface area contributed by atoms with Gasteiger partial charge in [0.05, 0.1) is 11.6 Å². The quantitative estimate of drug-likeness (QED) is 0.452. The number of nitrogens with zero attached hydrogens (tertiary/aromatic N) is 4. The van der Waals surface area contributed by atoms with Crippen LogP contribution in [0.2, 0.25) is 15.1 Å². The maximum absolute atomic E-state index is 14.3. The minimum Gasteiger partial charge on any atom is -0.311 e. The Kier molecular flexibility index (Phi) is 8.42. The Morgan fingerprint density at radius 1 is 0.900 bits per heavy atom. The molecule has 2 atom stereocenters. The number of sulfonamides is 1. The van der Waals surface area contributed by atoms with Gasteiger partial charge < -0.3 is 4.90 Å². The average molecular weight is 626 g/mol. The highest BCUT2D eigenvalue weighted by molar-refractivity contribution is 7.89. The van der Waals surface area contributed by atoms with Gasteiger partial charge >= 0.3 is 0 Å². The number of halogens is 3. The van der Waals surface area contributed by atoms with Gasteiger partial charge in [-0.25, -0.2) is 12.7 Å². The van der Waals surface area contributed by atoms with Gasteiger partial charge in [0, 0.05) is 28.7 Å². The van der Waals surface area contributed by atoms with Crippen molar-refractivity contribution >= 4 is 56.6 Å². The fourth-order valence-corrected chi connectivity index (χ4v) is 7.91. The van der Waals surface area contributed by atoms with Crippen molar-refractivity contribution in [3.05, 3.63) is 75.1 Å². The van der Waals surface area contributed by atoms with Crippen LogP contribution >= 0.6 is 34.8 Å². The number of carbonyl (C=O) groups is 2. The topological polar surface area (TPSA) is 81.2 Å². The van der Waals surface area contributed by atoms with Crippen LogP contribution in [-0.2, 0) is 26.0 Å². The van der Waals surface area contributed by atoms with Gasteiger partial charge in [0.15, 0.2) is 0 Å². The Morgan fingerprint density at radius 3 is 2.17 bits per heavy atom. The Hall–Kier alpha value is -2.30. The summed E-state index contributed by atoms with van der Waals surface area (Å²) in [5.41, 5.74) is 0.802. The summed E-state index contributed by atoms with van der Waals surface area (Å²) in [6, 6.07) is 9.35. The van der Waals surface area contributed by atoms with Gasteiger partial charge in [-0.2, -0.15) is 0 Å². The molecule has 0 radical (unpaired) electrons. The van der Waals surface area contributed by atoms with Crippen LogP contribution in [0.1, 0.15) is 38.7 Å². The molecule has 40 heavy (non-hydrogen) atoms. The van der Waals surface area contributed by atoms with Gasteiger partial charge in [0.1, 0.15) is 22.8 Å². The SMILES string of the molecule is CC(C)N1C=C2N(C(=O)C(N3CCCCC3)CN2S(=O)(=O)c2ccc(Cl)cc2Cl)C(Cc2ccc(Cl)cc2)C1=O. The van der Waals surface area contributed by atoms with Crippen LogP contribution in [0.15, 0.2) is 59.4 Å². The number of fused-ring (bicyclic) bond motifs is 1. The predicted molar refractivity (Wildman–Crippen MR) is 155 cm³/mol. The van der Waals surface area contributed by atoms with E-state index in [4.69, 9.17) is 34.8 Å². The molecule has 2 aromatic carbocycles. The molecule has 12 heteroatoms. The molecule has 2 unspecified atom stereocenters. The summed E-state index contributed by atoms with van der Waals surface area (Å²) in [4.78, 5) is 32.9. The van der Waals surface area contributed by atoms with Crippen LogP contribution in [0, 0.1) is 0 Å². The number of amides is 2. The standard InChI is InChI=1S/C28H31Cl3N4O4S/c1-18(2)33-17-26-34(40(38,39)25-11-10-21(30)15-22(25)31)16-24(32-12-4-3-5-13-32)28(37)35(26)23(27(33)36)14-19-6-8-20(29)9-7-19/h6-11,15,17-18,23-24H,3-5,12-14,16H2,1-2H3. The largest absolute Gasteiger partial charge is 0.311 e. The molecule has 5 rings (SSSR count). The number of likely N-dealkylation sites (tertiary alicyclic amines) is 1. The summed E-state index contributed by atoms with van der Waals surface area (Å²) >= 11 is 18.6. The zero-order chi connectivity index (χ0) is 28.8. The van der Waals surface area contributed by atoms with Crippen LogP contribution < -0.4 is 0 Å². The summed E-state index contributed by atoms with van der Waals surface area (Å²) in [6.45, 7) is 4.95. The van der Waals surface area contributed by atoms with Crippen LogP contribution in [-0.4, -0.2) is 77.0 Å². The van der Waals surface area contributed by atoms with Crippen LogP contribution in [0.5, 0.6) is 0 Å². The van der Waals surface area contributed by atoms with E-state index in [1.807, 2.05) is 30.9 Å². The highest BCUT2D eigenvalue weighted by atomic mass is 35.5. The fourth-order valence-electron chi connectivity index (χ4n) is 5.58. The van der Waals surface area contributed by atoms with E-state index in [0.29, 0.717) is 23.1 Å². The first kappa shape index (κ1) is 29.2. The van der Waals surface area contributed by atoms with Crippen molar-refractivity contribution in [1.82, 2.24) is 19.0 Å². The summed E-state index contributed by atoms with van der Waals surface area (Å²) in [5.74, 6) is -0.419. The van der Waals surface area contributed by atoms with E-state index in [9.17, 15) is 18.0 Å². The van der Waals surface area contributed by atoms with Crippen molar-refractivity contribution in [3.8, 4) is 0 Å². The van der Waals surface area contributed by atoms with Gasteiger partial charge in [0.25, 0.3) is 10.0 Å². The van der Waals surface area contributed by atoms with Gasteiger partial charge in [-0.3, -0.25) is 19.4 Å². The average Bonchev–Trinajstić information content (AvgIpc) is 2.91. The minimum atomic E-state index is -4.24. The summed E-state index contributed by atoms with van der Waals surface area (Å²) in [5, 5.41) is 0.845. The molecule has 3 aliphatic heterocycles. The second kappa shape index (κ2) is 11.5. The molecule has 0 bridgehead atoms. The fraction of sp³-hybridized carbons (Fsp3) is 0.429. The van der Waals surface area contributed by atoms with Crippen molar-refractivity contribution in [3.63, 3.8) is 0 Å². The molecular formula is C28H31Cl3N4O4S. The molecule has 2 saturated heterocycles. The molecule has 0 aliphatic carbocycles.